The van der Waals surface area contributed by atoms with E-state index in [4.69, 9.17) is 23.2 Å². The predicted molar refractivity (Wildman–Crippen MR) is 135 cm³/mol. The van der Waals surface area contributed by atoms with Crippen LogP contribution in [0.5, 0.6) is 0 Å². The third kappa shape index (κ3) is 5.46. The summed E-state index contributed by atoms with van der Waals surface area (Å²) in [5.74, 6) is -0.625. The summed E-state index contributed by atoms with van der Waals surface area (Å²) in [5.41, 5.74) is -3.95. The molecule has 2 aromatic carbocycles. The molecule has 9 nitrogen and oxygen atoms in total. The molecule has 0 radical (unpaired) electrons. The molecule has 38 heavy (non-hydrogen) atoms. The summed E-state index contributed by atoms with van der Waals surface area (Å²) in [6.45, 7) is 0.875. The van der Waals surface area contributed by atoms with E-state index in [9.17, 15) is 36.0 Å². The van der Waals surface area contributed by atoms with Crippen LogP contribution in [0.4, 0.5) is 13.2 Å². The first-order valence-corrected chi connectivity index (χ1v) is 13.7. The van der Waals surface area contributed by atoms with Crippen LogP contribution in [0.1, 0.15) is 23.6 Å². The number of hydrogen-bond donors (Lipinski definition) is 2. The lowest BCUT2D eigenvalue weighted by Crippen LogP contribution is -2.47. The number of nitrogens with one attached hydrogen (secondary N) is 2. The van der Waals surface area contributed by atoms with Crippen molar-refractivity contribution in [2.45, 2.75) is 31.1 Å². The molecule has 4 rings (SSSR count). The van der Waals surface area contributed by atoms with Gasteiger partial charge in [-0.25, -0.2) is 13.2 Å². The van der Waals surface area contributed by atoms with Crippen LogP contribution in [-0.2, 0) is 33.9 Å². The first kappa shape index (κ1) is 28.1. The van der Waals surface area contributed by atoms with E-state index in [2.05, 4.69) is 10.3 Å². The van der Waals surface area contributed by atoms with Crippen molar-refractivity contribution >= 4 is 49.8 Å². The van der Waals surface area contributed by atoms with Gasteiger partial charge in [0.05, 0.1) is 45.2 Å². The third-order valence-electron chi connectivity index (χ3n) is 6.19. The maximum Gasteiger partial charge on any atom is 0.416 e. The number of amides is 1. The minimum Gasteiger partial charge on any atom is -0.354 e. The molecule has 0 atom stereocenters. The van der Waals surface area contributed by atoms with Crippen molar-refractivity contribution in [3.05, 3.63) is 71.8 Å². The highest BCUT2D eigenvalue weighted by Gasteiger charge is 2.37. The molecule has 1 aliphatic heterocycles. The molecule has 0 unspecified atom stereocenters. The molecular weight excluding hydrogens is 572 g/mol. The van der Waals surface area contributed by atoms with Gasteiger partial charge in [0, 0.05) is 24.7 Å². The minimum atomic E-state index is -4.91. The number of fused-ring (bicyclic) bond motifs is 1. The Morgan fingerprint density at radius 3 is 2.42 bits per heavy atom. The number of alkyl halides is 3. The van der Waals surface area contributed by atoms with Gasteiger partial charge in [0.2, 0.25) is 5.91 Å². The van der Waals surface area contributed by atoms with Gasteiger partial charge in [-0.05, 0) is 35.4 Å². The molecule has 1 fully saturated rings. The number of nitrogens with zero attached hydrogens (tertiary/aromatic N) is 2. The Balaban J connectivity index is 1.90. The van der Waals surface area contributed by atoms with Crippen LogP contribution >= 0.6 is 23.2 Å². The highest BCUT2D eigenvalue weighted by atomic mass is 35.5. The van der Waals surface area contributed by atoms with Crippen molar-refractivity contribution in [1.82, 2.24) is 19.8 Å². The van der Waals surface area contributed by atoms with E-state index in [-0.39, 0.29) is 64.4 Å². The molecule has 1 aromatic heterocycles. The summed E-state index contributed by atoms with van der Waals surface area (Å²) in [4.78, 5) is 41.6. The van der Waals surface area contributed by atoms with Crippen LogP contribution in [0.15, 0.2) is 38.8 Å². The molecule has 1 amide bonds. The molecule has 0 aliphatic carbocycles. The maximum atomic E-state index is 14.1. The molecule has 2 heterocycles. The van der Waals surface area contributed by atoms with Gasteiger partial charge in [0.1, 0.15) is 0 Å². The van der Waals surface area contributed by atoms with Gasteiger partial charge in [0.15, 0.2) is 9.84 Å². The van der Waals surface area contributed by atoms with E-state index in [0.29, 0.717) is 10.6 Å². The highest BCUT2D eigenvalue weighted by molar-refractivity contribution is 7.91. The number of halogens is 5. The number of carbonyl (C=O) groups is 1. The van der Waals surface area contributed by atoms with Crippen LogP contribution in [0.25, 0.3) is 10.9 Å². The average Bonchev–Trinajstić information content (AvgIpc) is 2.83. The van der Waals surface area contributed by atoms with Gasteiger partial charge in [-0.15, -0.1) is 0 Å². The van der Waals surface area contributed by atoms with Crippen molar-refractivity contribution < 1.29 is 26.4 Å². The van der Waals surface area contributed by atoms with Crippen LogP contribution in [0, 0.1) is 0 Å². The number of aromatic nitrogens is 2. The number of benzene rings is 2. The Kier molecular flexibility index (Phi) is 7.67. The second-order valence-corrected chi connectivity index (χ2v) is 11.7. The second-order valence-electron chi connectivity index (χ2n) is 8.67. The van der Waals surface area contributed by atoms with E-state index < -0.39 is 49.8 Å². The van der Waals surface area contributed by atoms with Gasteiger partial charge in [-0.3, -0.25) is 19.1 Å². The van der Waals surface area contributed by atoms with E-state index in [1.54, 1.807) is 0 Å². The number of hydrogen-bond acceptors (Lipinski definition) is 6. The molecular formula is C23H21Cl2F3N4O5S. The Bertz CT molecular complexity index is 1670. The van der Waals surface area contributed by atoms with Crippen molar-refractivity contribution in [2.24, 2.45) is 0 Å². The average molecular weight is 593 g/mol. The van der Waals surface area contributed by atoms with Crippen molar-refractivity contribution in [3.8, 4) is 0 Å². The second kappa shape index (κ2) is 10.4. The fraction of sp³-hybridized carbons (Fsp3) is 0.348. The largest absolute Gasteiger partial charge is 0.416 e. The van der Waals surface area contributed by atoms with Gasteiger partial charge in [0.25, 0.3) is 5.56 Å². The molecule has 3 aromatic rings. The minimum absolute atomic E-state index is 0.0217. The summed E-state index contributed by atoms with van der Waals surface area (Å²) in [7, 11) is -3.78. The lowest BCUT2D eigenvalue weighted by molar-refractivity contribution is -0.138. The number of H-pyrrole nitrogens is 1. The first-order valence-electron chi connectivity index (χ1n) is 11.3. The quantitative estimate of drug-likeness (QED) is 0.454. The van der Waals surface area contributed by atoms with Gasteiger partial charge in [-0.1, -0.05) is 30.1 Å². The van der Waals surface area contributed by atoms with Crippen molar-refractivity contribution in [2.75, 3.05) is 25.4 Å². The number of carbonyl (C=O) groups excluding carboxylic acids is 1. The smallest absolute Gasteiger partial charge is 0.354 e. The molecule has 15 heteroatoms. The summed E-state index contributed by atoms with van der Waals surface area (Å²) < 4.78 is 68.0. The van der Waals surface area contributed by atoms with E-state index in [1.165, 1.54) is 30.0 Å². The van der Waals surface area contributed by atoms with Gasteiger partial charge >= 0.3 is 11.9 Å². The number of sulfone groups is 1. The lowest BCUT2D eigenvalue weighted by Gasteiger charge is -2.28. The molecule has 2 N–H and O–H groups in total. The van der Waals surface area contributed by atoms with Gasteiger partial charge < -0.3 is 10.3 Å². The SMILES string of the molecule is CCS(=O)(=O)c1ccc(Cl)cc1Cn1c(=O)[nH]c2c(Cl)c(CN3CCNC(=O)C3)c(C(F)(F)F)cc2c1=O. The first-order chi connectivity index (χ1) is 17.7. The zero-order valence-electron chi connectivity index (χ0n) is 19.8. The molecule has 0 saturated carbocycles. The Morgan fingerprint density at radius 1 is 1.08 bits per heavy atom. The Morgan fingerprint density at radius 2 is 1.79 bits per heavy atom. The monoisotopic (exact) mass is 592 g/mol. The molecule has 204 valence electrons. The van der Waals surface area contributed by atoms with Crippen LogP contribution < -0.4 is 16.6 Å². The standard InChI is InChI=1S/C23H21Cl2F3N4O5S/c1-2-38(36,37)17-4-3-13(24)7-12(17)9-32-21(34)14-8-16(23(26,27)28)15(19(25)20(14)30-22(32)35)10-31-6-5-29-18(33)11-31/h3-4,7-8H,2,5-6,9-11H2,1H3,(H,29,33)(H,30,35). The molecule has 1 aliphatic rings. The molecule has 0 bridgehead atoms. The molecule has 0 spiro atoms. The number of piperazine rings is 1. The summed E-state index contributed by atoms with van der Waals surface area (Å²) in [6, 6.07) is 4.45. The molecule has 1 saturated heterocycles. The predicted octanol–water partition coefficient (Wildman–Crippen LogP) is 2.79. The lowest BCUT2D eigenvalue weighted by atomic mass is 10.0. The number of aromatic amines is 1. The summed E-state index contributed by atoms with van der Waals surface area (Å²) in [6.07, 6.45) is -4.91. The van der Waals surface area contributed by atoms with Crippen LogP contribution in [0.2, 0.25) is 10.0 Å². The van der Waals surface area contributed by atoms with E-state index in [1.807, 2.05) is 0 Å². The van der Waals surface area contributed by atoms with Crippen molar-refractivity contribution in [1.29, 1.82) is 0 Å². The summed E-state index contributed by atoms with van der Waals surface area (Å²) in [5, 5.41) is 1.73. The Labute approximate surface area is 224 Å². The van der Waals surface area contributed by atoms with E-state index in [0.717, 1.165) is 0 Å². The fourth-order valence-corrected chi connectivity index (χ4v) is 5.91. The summed E-state index contributed by atoms with van der Waals surface area (Å²) >= 11 is 12.4. The highest BCUT2D eigenvalue weighted by Crippen LogP contribution is 2.38. The normalized spacial score (nSPS) is 15.2. The Hall–Kier alpha value is -2.87. The third-order valence-corrected chi connectivity index (χ3v) is 8.67. The fourth-order valence-electron chi connectivity index (χ4n) is 4.30. The van der Waals surface area contributed by atoms with Crippen LogP contribution in [0.3, 0.4) is 0 Å². The van der Waals surface area contributed by atoms with E-state index >= 15 is 0 Å². The van der Waals surface area contributed by atoms with Crippen molar-refractivity contribution in [3.63, 3.8) is 0 Å². The topological polar surface area (TPSA) is 121 Å². The van der Waals surface area contributed by atoms with Gasteiger partial charge in [-0.2, -0.15) is 13.2 Å². The zero-order valence-corrected chi connectivity index (χ0v) is 22.1. The maximum absolute atomic E-state index is 14.1. The zero-order chi connectivity index (χ0) is 28.0. The number of rotatable bonds is 6. The van der Waals surface area contributed by atoms with Crippen LogP contribution in [-0.4, -0.2) is 54.2 Å².